The molecule has 1 saturated heterocycles. The topological polar surface area (TPSA) is 95.6 Å². The van der Waals surface area contributed by atoms with Crippen molar-refractivity contribution in [2.75, 3.05) is 49.3 Å². The van der Waals surface area contributed by atoms with Crippen molar-refractivity contribution in [3.05, 3.63) is 35.0 Å². The summed E-state index contributed by atoms with van der Waals surface area (Å²) in [6.07, 6.45) is 3.13. The second-order valence-electron chi connectivity index (χ2n) is 7.49. The first-order valence-electron chi connectivity index (χ1n) is 10.0. The molecule has 1 fully saturated rings. The number of carbonyl (C=O) groups excluding carboxylic acids is 2. The molecule has 2 aliphatic heterocycles. The van der Waals surface area contributed by atoms with Crippen LogP contribution < -0.4 is 20.9 Å². The lowest BCUT2D eigenvalue weighted by atomic mass is 9.82. The number of fused-ring (bicyclic) bond motifs is 2. The van der Waals surface area contributed by atoms with Crippen LogP contribution in [0.15, 0.2) is 28.6 Å². The summed E-state index contributed by atoms with van der Waals surface area (Å²) in [6, 6.07) is 5.57. The van der Waals surface area contributed by atoms with E-state index in [1.54, 1.807) is 22.9 Å². The molecular weight excluding hydrogens is 458 g/mol. The Kier molecular flexibility index (Phi) is 6.90. The van der Waals surface area contributed by atoms with Crippen LogP contribution in [0.4, 0.5) is 20.4 Å². The highest BCUT2D eigenvalue weighted by Gasteiger charge is 2.46. The third-order valence-electron chi connectivity index (χ3n) is 5.49. The van der Waals surface area contributed by atoms with Gasteiger partial charge in [-0.2, -0.15) is 0 Å². The van der Waals surface area contributed by atoms with Crippen molar-refractivity contribution < 1.29 is 14.3 Å². The van der Waals surface area contributed by atoms with Crippen molar-refractivity contribution in [1.29, 1.82) is 0 Å². The Morgan fingerprint density at radius 2 is 2.32 bits per heavy atom. The zero-order valence-electron chi connectivity index (χ0n) is 17.1. The molecule has 1 aromatic carbocycles. The van der Waals surface area contributed by atoms with E-state index >= 15 is 0 Å². The number of amides is 3. The zero-order chi connectivity index (χ0) is 21.8. The Balaban J connectivity index is 1.35. The summed E-state index contributed by atoms with van der Waals surface area (Å²) in [4.78, 5) is 30.2. The SMILES string of the molecule is COC(=O)NCCCSc1cnc(NC(=O)N2CC3(CCNC3)c3cc(Cl)ccc32)s1. The van der Waals surface area contributed by atoms with E-state index in [9.17, 15) is 9.59 Å². The number of thioether (sulfide) groups is 1. The minimum atomic E-state index is -0.422. The number of halogens is 1. The van der Waals surface area contributed by atoms with Gasteiger partial charge in [-0.25, -0.2) is 14.6 Å². The minimum Gasteiger partial charge on any atom is -0.453 e. The van der Waals surface area contributed by atoms with Gasteiger partial charge in [0, 0.05) is 41.5 Å². The van der Waals surface area contributed by atoms with Crippen LogP contribution in [0.25, 0.3) is 0 Å². The summed E-state index contributed by atoms with van der Waals surface area (Å²) in [7, 11) is 1.34. The van der Waals surface area contributed by atoms with E-state index in [2.05, 4.69) is 25.7 Å². The average molecular weight is 482 g/mol. The Morgan fingerprint density at radius 1 is 1.45 bits per heavy atom. The van der Waals surface area contributed by atoms with E-state index in [1.165, 1.54) is 18.4 Å². The molecule has 3 amide bonds. The molecule has 1 atom stereocenters. The van der Waals surface area contributed by atoms with Gasteiger partial charge in [-0.05, 0) is 43.1 Å². The highest BCUT2D eigenvalue weighted by molar-refractivity contribution is 8.01. The van der Waals surface area contributed by atoms with Crippen LogP contribution in [0, 0.1) is 0 Å². The van der Waals surface area contributed by atoms with Crippen molar-refractivity contribution in [3.8, 4) is 0 Å². The Morgan fingerprint density at radius 3 is 3.10 bits per heavy atom. The van der Waals surface area contributed by atoms with Crippen molar-refractivity contribution >= 4 is 57.6 Å². The predicted octanol–water partition coefficient (Wildman–Crippen LogP) is 3.92. The van der Waals surface area contributed by atoms with E-state index in [0.29, 0.717) is 23.2 Å². The van der Waals surface area contributed by atoms with Gasteiger partial charge in [-0.3, -0.25) is 10.2 Å². The van der Waals surface area contributed by atoms with Crippen LogP contribution in [0.3, 0.4) is 0 Å². The van der Waals surface area contributed by atoms with Crippen LogP contribution in [0.5, 0.6) is 0 Å². The Labute approximate surface area is 194 Å². The maximum atomic E-state index is 13.1. The standard InChI is InChI=1S/C20H24ClN5O3S2/c1-29-19(28)23-6-2-8-30-16-10-24-17(31-16)25-18(27)26-12-20(5-7-22-11-20)14-9-13(21)3-4-15(14)26/h3-4,9-10,22H,2,5-8,11-12H2,1H3,(H,23,28)(H,24,25,27). The lowest BCUT2D eigenvalue weighted by molar-refractivity contribution is 0.171. The molecular formula is C20H24ClN5O3S2. The lowest BCUT2D eigenvalue weighted by Gasteiger charge is -2.23. The van der Waals surface area contributed by atoms with Crippen LogP contribution >= 0.6 is 34.7 Å². The molecule has 4 rings (SSSR count). The smallest absolute Gasteiger partial charge is 0.406 e. The van der Waals surface area contributed by atoms with Crippen molar-refractivity contribution in [1.82, 2.24) is 15.6 Å². The number of ether oxygens (including phenoxy) is 1. The fourth-order valence-corrected chi connectivity index (χ4v) is 6.03. The second kappa shape index (κ2) is 9.64. The maximum Gasteiger partial charge on any atom is 0.406 e. The molecule has 0 aliphatic carbocycles. The Hall–Kier alpha value is -2.01. The number of thiazole rings is 1. The van der Waals surface area contributed by atoms with Gasteiger partial charge < -0.3 is 15.4 Å². The molecule has 1 spiro atoms. The van der Waals surface area contributed by atoms with Crippen molar-refractivity contribution in [3.63, 3.8) is 0 Å². The monoisotopic (exact) mass is 481 g/mol. The number of urea groups is 1. The van der Waals surface area contributed by atoms with Gasteiger partial charge in [0.25, 0.3) is 0 Å². The van der Waals surface area contributed by atoms with Gasteiger partial charge in [0.15, 0.2) is 5.13 Å². The molecule has 3 N–H and O–H groups in total. The highest BCUT2D eigenvalue weighted by atomic mass is 35.5. The summed E-state index contributed by atoms with van der Waals surface area (Å²) in [5.41, 5.74) is 1.96. The molecule has 0 bridgehead atoms. The van der Waals surface area contributed by atoms with E-state index in [1.807, 2.05) is 18.2 Å². The van der Waals surface area contributed by atoms with Gasteiger partial charge in [0.2, 0.25) is 0 Å². The number of nitrogens with one attached hydrogen (secondary N) is 3. The molecule has 31 heavy (non-hydrogen) atoms. The van der Waals surface area contributed by atoms with E-state index < -0.39 is 6.09 Å². The molecule has 2 aromatic rings. The first kappa shape index (κ1) is 22.2. The first-order valence-corrected chi connectivity index (χ1v) is 12.2. The third-order valence-corrected chi connectivity index (χ3v) is 7.92. The quantitative estimate of drug-likeness (QED) is 0.427. The summed E-state index contributed by atoms with van der Waals surface area (Å²) in [6.45, 7) is 2.95. The number of aromatic nitrogens is 1. The van der Waals surface area contributed by atoms with E-state index in [4.69, 9.17) is 11.6 Å². The van der Waals surface area contributed by atoms with Crippen LogP contribution in [-0.2, 0) is 10.2 Å². The van der Waals surface area contributed by atoms with Crippen molar-refractivity contribution in [2.45, 2.75) is 22.5 Å². The fraction of sp³-hybridized carbons (Fsp3) is 0.450. The van der Waals surface area contributed by atoms with E-state index in [0.717, 1.165) is 47.1 Å². The molecule has 3 heterocycles. The predicted molar refractivity (Wildman–Crippen MR) is 125 cm³/mol. The molecule has 1 unspecified atom stereocenters. The molecule has 0 radical (unpaired) electrons. The lowest BCUT2D eigenvalue weighted by Crippen LogP contribution is -2.40. The molecule has 1 aromatic heterocycles. The van der Waals surface area contributed by atoms with Crippen LogP contribution in [-0.4, -0.2) is 56.2 Å². The highest BCUT2D eigenvalue weighted by Crippen LogP contribution is 2.45. The first-order chi connectivity index (χ1) is 15.0. The number of rotatable bonds is 6. The van der Waals surface area contributed by atoms with Gasteiger partial charge >= 0.3 is 12.1 Å². The second-order valence-corrected chi connectivity index (χ2v) is 10.4. The van der Waals surface area contributed by atoms with Crippen LogP contribution in [0.2, 0.25) is 5.02 Å². The number of hydrogen-bond acceptors (Lipinski definition) is 7. The van der Waals surface area contributed by atoms with Crippen LogP contribution in [0.1, 0.15) is 18.4 Å². The van der Waals surface area contributed by atoms with Gasteiger partial charge in [-0.15, -0.1) is 11.8 Å². The maximum absolute atomic E-state index is 13.1. The summed E-state index contributed by atoms with van der Waals surface area (Å²) >= 11 is 9.34. The number of benzene rings is 1. The zero-order valence-corrected chi connectivity index (χ0v) is 19.5. The fourth-order valence-electron chi connectivity index (χ4n) is 3.98. The summed E-state index contributed by atoms with van der Waals surface area (Å²) in [5, 5.41) is 10.3. The molecule has 8 nitrogen and oxygen atoms in total. The molecule has 166 valence electrons. The number of carbonyl (C=O) groups is 2. The number of nitrogens with zero attached hydrogens (tertiary/aromatic N) is 2. The van der Waals surface area contributed by atoms with Gasteiger partial charge in [-0.1, -0.05) is 22.9 Å². The molecule has 0 saturated carbocycles. The number of hydrogen-bond donors (Lipinski definition) is 3. The largest absolute Gasteiger partial charge is 0.453 e. The van der Waals surface area contributed by atoms with Gasteiger partial charge in [0.1, 0.15) is 0 Å². The average Bonchev–Trinajstić information content (AvgIpc) is 3.48. The van der Waals surface area contributed by atoms with Gasteiger partial charge in [0.05, 0.1) is 17.5 Å². The normalized spacial score (nSPS) is 19.5. The van der Waals surface area contributed by atoms with E-state index in [-0.39, 0.29) is 11.4 Å². The van der Waals surface area contributed by atoms with Crippen molar-refractivity contribution in [2.24, 2.45) is 0 Å². The summed E-state index contributed by atoms with van der Waals surface area (Å²) < 4.78 is 5.55. The number of anilines is 2. The number of alkyl carbamates (subject to hydrolysis) is 1. The minimum absolute atomic E-state index is 0.0836. The summed E-state index contributed by atoms with van der Waals surface area (Å²) in [5.74, 6) is 0.829. The third kappa shape index (κ3) is 4.92. The Bertz CT molecular complexity index is 964. The molecule has 2 aliphatic rings. The molecule has 11 heteroatoms. The number of methoxy groups -OCH3 is 1.